The zero-order valence-corrected chi connectivity index (χ0v) is 12.0. The van der Waals surface area contributed by atoms with Crippen molar-refractivity contribution >= 4 is 22.6 Å². The van der Waals surface area contributed by atoms with Gasteiger partial charge in [0.2, 0.25) is 0 Å². The predicted molar refractivity (Wildman–Crippen MR) is 81.5 cm³/mol. The van der Waals surface area contributed by atoms with Crippen LogP contribution in [0.5, 0.6) is 0 Å². The molecule has 0 saturated heterocycles. The lowest BCUT2D eigenvalue weighted by molar-refractivity contribution is 0.0698. The van der Waals surface area contributed by atoms with Gasteiger partial charge in [0, 0.05) is 30.1 Å². The van der Waals surface area contributed by atoms with E-state index in [1.54, 1.807) is 0 Å². The van der Waals surface area contributed by atoms with E-state index < -0.39 is 5.97 Å². The van der Waals surface area contributed by atoms with Crippen LogP contribution >= 0.6 is 0 Å². The molecule has 0 radical (unpaired) electrons. The average molecular weight is 272 g/mol. The summed E-state index contributed by atoms with van der Waals surface area (Å²) in [4.78, 5) is 17.9. The standard InChI is InChI=1S/C16H20N2O2/c1-3-5-10-18(4-2)15-13-9-7-6-8-12(13)14(11-17-15)16(19)20/h6-9,11H,3-5,10H2,1-2H3,(H,19,20). The Morgan fingerprint density at radius 2 is 1.95 bits per heavy atom. The van der Waals surface area contributed by atoms with Crippen molar-refractivity contribution in [3.05, 3.63) is 36.0 Å². The van der Waals surface area contributed by atoms with Crippen LogP contribution in [-0.4, -0.2) is 29.1 Å². The topological polar surface area (TPSA) is 53.4 Å². The van der Waals surface area contributed by atoms with Crippen molar-refractivity contribution in [2.45, 2.75) is 26.7 Å². The fraction of sp³-hybridized carbons (Fsp3) is 0.375. The van der Waals surface area contributed by atoms with E-state index >= 15 is 0 Å². The summed E-state index contributed by atoms with van der Waals surface area (Å²) >= 11 is 0. The lowest BCUT2D eigenvalue weighted by Gasteiger charge is -2.23. The van der Waals surface area contributed by atoms with Gasteiger partial charge in [-0.15, -0.1) is 0 Å². The molecule has 2 aromatic rings. The molecule has 0 spiro atoms. The maximum atomic E-state index is 11.3. The molecule has 4 nitrogen and oxygen atoms in total. The van der Waals surface area contributed by atoms with E-state index in [1.165, 1.54) is 6.20 Å². The molecule has 0 fully saturated rings. The second kappa shape index (κ2) is 6.37. The number of carboxylic acids is 1. The highest BCUT2D eigenvalue weighted by atomic mass is 16.4. The number of nitrogens with zero attached hydrogens (tertiary/aromatic N) is 2. The van der Waals surface area contributed by atoms with Crippen molar-refractivity contribution in [3.8, 4) is 0 Å². The Bertz CT molecular complexity index is 610. The van der Waals surface area contributed by atoms with Gasteiger partial charge in [0.1, 0.15) is 5.82 Å². The first-order chi connectivity index (χ1) is 9.69. The predicted octanol–water partition coefficient (Wildman–Crippen LogP) is 3.56. The Kier molecular flexibility index (Phi) is 4.56. The van der Waals surface area contributed by atoms with E-state index in [0.29, 0.717) is 0 Å². The van der Waals surface area contributed by atoms with Gasteiger partial charge in [-0.2, -0.15) is 0 Å². The molecule has 0 saturated carbocycles. The lowest BCUT2D eigenvalue weighted by Crippen LogP contribution is -2.25. The largest absolute Gasteiger partial charge is 0.478 e. The van der Waals surface area contributed by atoms with Crippen LogP contribution in [0.25, 0.3) is 10.8 Å². The van der Waals surface area contributed by atoms with E-state index in [4.69, 9.17) is 0 Å². The van der Waals surface area contributed by atoms with Gasteiger partial charge in [0.05, 0.1) is 5.56 Å². The third-order valence-electron chi connectivity index (χ3n) is 3.47. The van der Waals surface area contributed by atoms with Crippen molar-refractivity contribution < 1.29 is 9.90 Å². The van der Waals surface area contributed by atoms with Gasteiger partial charge in [-0.25, -0.2) is 9.78 Å². The number of rotatable bonds is 6. The van der Waals surface area contributed by atoms with Gasteiger partial charge in [-0.05, 0) is 13.3 Å². The highest BCUT2D eigenvalue weighted by Crippen LogP contribution is 2.27. The smallest absolute Gasteiger partial charge is 0.337 e. The molecule has 1 aromatic carbocycles. The SMILES string of the molecule is CCCCN(CC)c1ncc(C(=O)O)c2ccccc12. The van der Waals surface area contributed by atoms with Gasteiger partial charge in [0.15, 0.2) is 0 Å². The number of hydrogen-bond donors (Lipinski definition) is 1. The summed E-state index contributed by atoms with van der Waals surface area (Å²) in [5.41, 5.74) is 0.260. The summed E-state index contributed by atoms with van der Waals surface area (Å²) in [7, 11) is 0. The summed E-state index contributed by atoms with van der Waals surface area (Å²) in [5, 5.41) is 10.9. The van der Waals surface area contributed by atoms with Gasteiger partial charge in [-0.1, -0.05) is 37.6 Å². The zero-order chi connectivity index (χ0) is 14.5. The third kappa shape index (κ3) is 2.74. The lowest BCUT2D eigenvalue weighted by atomic mass is 10.1. The normalized spacial score (nSPS) is 10.7. The number of carbonyl (C=O) groups is 1. The molecule has 0 atom stereocenters. The first-order valence-corrected chi connectivity index (χ1v) is 7.05. The Hall–Kier alpha value is -2.10. The van der Waals surface area contributed by atoms with Crippen LogP contribution in [0.4, 0.5) is 5.82 Å². The molecule has 1 heterocycles. The minimum Gasteiger partial charge on any atom is -0.478 e. The van der Waals surface area contributed by atoms with Crippen LogP contribution in [0.3, 0.4) is 0 Å². The molecule has 1 N–H and O–H groups in total. The number of anilines is 1. The maximum Gasteiger partial charge on any atom is 0.337 e. The molecule has 0 amide bonds. The van der Waals surface area contributed by atoms with E-state index in [-0.39, 0.29) is 5.56 Å². The molecule has 0 aliphatic heterocycles. The van der Waals surface area contributed by atoms with Crippen molar-refractivity contribution in [2.75, 3.05) is 18.0 Å². The van der Waals surface area contributed by atoms with Gasteiger partial charge in [-0.3, -0.25) is 0 Å². The molecule has 1 aromatic heterocycles. The minimum atomic E-state index is -0.933. The van der Waals surface area contributed by atoms with Crippen LogP contribution in [0.2, 0.25) is 0 Å². The summed E-state index contributed by atoms with van der Waals surface area (Å²) in [6.07, 6.45) is 3.70. The number of carboxylic acid groups (broad SMARTS) is 1. The Labute approximate surface area is 119 Å². The molecular formula is C16H20N2O2. The fourth-order valence-electron chi connectivity index (χ4n) is 2.36. The number of pyridine rings is 1. The minimum absolute atomic E-state index is 0.260. The molecule has 0 aliphatic rings. The molecular weight excluding hydrogens is 252 g/mol. The van der Waals surface area contributed by atoms with Crippen molar-refractivity contribution in [1.82, 2.24) is 4.98 Å². The zero-order valence-electron chi connectivity index (χ0n) is 12.0. The van der Waals surface area contributed by atoms with Gasteiger partial charge >= 0.3 is 5.97 Å². The van der Waals surface area contributed by atoms with Gasteiger partial charge < -0.3 is 10.0 Å². The number of fused-ring (bicyclic) bond motifs is 1. The second-order valence-electron chi connectivity index (χ2n) is 4.78. The first-order valence-electron chi connectivity index (χ1n) is 7.05. The molecule has 20 heavy (non-hydrogen) atoms. The maximum absolute atomic E-state index is 11.3. The number of unbranched alkanes of at least 4 members (excludes halogenated alkanes) is 1. The number of aromatic carboxylic acids is 1. The second-order valence-corrected chi connectivity index (χ2v) is 4.78. The van der Waals surface area contributed by atoms with E-state index in [2.05, 4.69) is 23.7 Å². The van der Waals surface area contributed by atoms with E-state index in [9.17, 15) is 9.90 Å². The monoisotopic (exact) mass is 272 g/mol. The fourth-order valence-corrected chi connectivity index (χ4v) is 2.36. The Morgan fingerprint density at radius 3 is 2.55 bits per heavy atom. The van der Waals surface area contributed by atoms with Crippen molar-refractivity contribution in [1.29, 1.82) is 0 Å². The van der Waals surface area contributed by atoms with Crippen LogP contribution in [0.15, 0.2) is 30.5 Å². The van der Waals surface area contributed by atoms with Crippen LogP contribution in [0, 0.1) is 0 Å². The van der Waals surface area contributed by atoms with Crippen molar-refractivity contribution in [2.24, 2.45) is 0 Å². The summed E-state index contributed by atoms with van der Waals surface area (Å²) in [6, 6.07) is 7.57. The van der Waals surface area contributed by atoms with E-state index in [0.717, 1.165) is 42.5 Å². The van der Waals surface area contributed by atoms with Crippen LogP contribution in [0.1, 0.15) is 37.0 Å². The Morgan fingerprint density at radius 1 is 1.25 bits per heavy atom. The quantitative estimate of drug-likeness (QED) is 0.873. The highest BCUT2D eigenvalue weighted by Gasteiger charge is 2.15. The van der Waals surface area contributed by atoms with E-state index in [1.807, 2.05) is 24.3 Å². The first kappa shape index (κ1) is 14.3. The summed E-state index contributed by atoms with van der Waals surface area (Å²) < 4.78 is 0. The molecule has 0 bridgehead atoms. The average Bonchev–Trinajstić information content (AvgIpc) is 2.47. The third-order valence-corrected chi connectivity index (χ3v) is 3.47. The van der Waals surface area contributed by atoms with Crippen LogP contribution < -0.4 is 4.90 Å². The number of hydrogen-bond acceptors (Lipinski definition) is 3. The molecule has 0 aliphatic carbocycles. The summed E-state index contributed by atoms with van der Waals surface area (Å²) in [6.45, 7) is 6.06. The molecule has 4 heteroatoms. The highest BCUT2D eigenvalue weighted by molar-refractivity contribution is 6.06. The van der Waals surface area contributed by atoms with Crippen LogP contribution in [-0.2, 0) is 0 Å². The van der Waals surface area contributed by atoms with Crippen molar-refractivity contribution in [3.63, 3.8) is 0 Å². The van der Waals surface area contributed by atoms with Gasteiger partial charge in [0.25, 0.3) is 0 Å². The molecule has 2 rings (SSSR count). The number of aromatic nitrogens is 1. The Balaban J connectivity index is 2.54. The number of benzene rings is 1. The molecule has 106 valence electrons. The summed E-state index contributed by atoms with van der Waals surface area (Å²) in [5.74, 6) is -0.0570. The molecule has 0 unspecified atom stereocenters.